The first-order valence-electron chi connectivity index (χ1n) is 11.0. The maximum Gasteiger partial charge on any atom is 0.345 e. The van der Waals surface area contributed by atoms with Crippen LogP contribution >= 0.6 is 11.6 Å². The van der Waals surface area contributed by atoms with E-state index in [-0.39, 0.29) is 17.9 Å². The van der Waals surface area contributed by atoms with Crippen LogP contribution in [0.4, 0.5) is 0 Å². The number of hydrogen-bond donors (Lipinski definition) is 1. The van der Waals surface area contributed by atoms with Gasteiger partial charge in [0.2, 0.25) is 0 Å². The number of carbonyl (C=O) groups is 2. The first kappa shape index (κ1) is 25.8. The number of aryl methyl sites for hydroxylation is 1. The van der Waals surface area contributed by atoms with Crippen molar-refractivity contribution in [1.29, 1.82) is 0 Å². The van der Waals surface area contributed by atoms with Crippen LogP contribution in [0.2, 0.25) is 5.02 Å². The Balaban J connectivity index is 1.58. The molecule has 0 heterocycles. The highest BCUT2D eigenvalue weighted by Gasteiger charge is 2.15. The zero-order valence-electron chi connectivity index (χ0n) is 20.0. The molecular formula is C27H27ClN2O5. The second-order valence-corrected chi connectivity index (χ2v) is 8.45. The van der Waals surface area contributed by atoms with E-state index in [9.17, 15) is 9.59 Å². The number of hydrazone groups is 1. The summed E-state index contributed by atoms with van der Waals surface area (Å²) in [5.41, 5.74) is 5.40. The summed E-state index contributed by atoms with van der Waals surface area (Å²) in [4.78, 5) is 24.6. The quantitative estimate of drug-likeness (QED) is 0.183. The normalized spacial score (nSPS) is 10.9. The van der Waals surface area contributed by atoms with Crippen molar-refractivity contribution in [3.05, 3.63) is 87.9 Å². The summed E-state index contributed by atoms with van der Waals surface area (Å²) in [5.74, 6) is 0.585. The molecule has 3 aromatic carbocycles. The van der Waals surface area contributed by atoms with Gasteiger partial charge in [0.25, 0.3) is 5.91 Å². The maximum absolute atomic E-state index is 12.4. The zero-order valence-corrected chi connectivity index (χ0v) is 20.8. The highest BCUT2D eigenvalue weighted by Crippen LogP contribution is 2.29. The molecule has 0 aromatic heterocycles. The van der Waals surface area contributed by atoms with Gasteiger partial charge in [0, 0.05) is 0 Å². The van der Waals surface area contributed by atoms with Gasteiger partial charge < -0.3 is 14.2 Å². The number of ether oxygens (including phenoxy) is 3. The van der Waals surface area contributed by atoms with E-state index < -0.39 is 11.9 Å². The SMILES string of the molecule is COc1cc(/C=N/NC(=O)COc2cc(C(C)C)ccc2C)ccc1OC(=O)c1ccccc1Cl. The third-order valence-electron chi connectivity index (χ3n) is 5.12. The lowest BCUT2D eigenvalue weighted by molar-refractivity contribution is -0.123. The molecular weight excluding hydrogens is 468 g/mol. The van der Waals surface area contributed by atoms with Crippen molar-refractivity contribution >= 4 is 29.7 Å². The van der Waals surface area contributed by atoms with Crippen molar-refractivity contribution in [2.75, 3.05) is 13.7 Å². The van der Waals surface area contributed by atoms with Crippen LogP contribution in [0, 0.1) is 6.92 Å². The number of benzene rings is 3. The fourth-order valence-electron chi connectivity index (χ4n) is 3.12. The van der Waals surface area contributed by atoms with E-state index in [1.54, 1.807) is 42.5 Å². The van der Waals surface area contributed by atoms with Crippen LogP contribution in [0.3, 0.4) is 0 Å². The third kappa shape index (κ3) is 7.07. The molecule has 0 aliphatic heterocycles. The van der Waals surface area contributed by atoms with E-state index in [1.165, 1.54) is 13.3 Å². The molecule has 0 bridgehead atoms. The van der Waals surface area contributed by atoms with Crippen molar-refractivity contribution in [3.63, 3.8) is 0 Å². The number of amides is 1. The molecule has 0 radical (unpaired) electrons. The van der Waals surface area contributed by atoms with Gasteiger partial charge in [-0.2, -0.15) is 5.10 Å². The standard InChI is InChI=1S/C27H27ClN2O5/c1-17(2)20-11-9-18(3)24(14-20)34-16-26(31)30-29-15-19-10-12-23(25(13-19)33-4)35-27(32)21-7-5-6-8-22(21)28/h5-15,17H,16H2,1-4H3,(H,30,31)/b29-15+. The average Bonchev–Trinajstić information content (AvgIpc) is 2.84. The number of esters is 1. The van der Waals surface area contributed by atoms with E-state index in [1.807, 2.05) is 19.1 Å². The maximum atomic E-state index is 12.4. The Morgan fingerprint density at radius 2 is 1.80 bits per heavy atom. The van der Waals surface area contributed by atoms with Crippen molar-refractivity contribution < 1.29 is 23.8 Å². The predicted molar refractivity (Wildman–Crippen MR) is 136 cm³/mol. The number of nitrogens with one attached hydrogen (secondary N) is 1. The van der Waals surface area contributed by atoms with Crippen LogP contribution in [-0.4, -0.2) is 31.8 Å². The van der Waals surface area contributed by atoms with Gasteiger partial charge >= 0.3 is 5.97 Å². The molecule has 0 fully saturated rings. The van der Waals surface area contributed by atoms with Gasteiger partial charge in [0.15, 0.2) is 18.1 Å². The lowest BCUT2D eigenvalue weighted by Gasteiger charge is -2.12. The molecule has 0 unspecified atom stereocenters. The molecule has 0 aliphatic carbocycles. The Morgan fingerprint density at radius 1 is 1.03 bits per heavy atom. The number of rotatable bonds is 9. The van der Waals surface area contributed by atoms with E-state index in [0.29, 0.717) is 28.0 Å². The number of carbonyl (C=O) groups excluding carboxylic acids is 2. The average molecular weight is 495 g/mol. The minimum absolute atomic E-state index is 0.167. The summed E-state index contributed by atoms with van der Waals surface area (Å²) in [7, 11) is 1.46. The first-order chi connectivity index (χ1) is 16.8. The number of hydrogen-bond acceptors (Lipinski definition) is 6. The molecule has 0 aliphatic rings. The van der Waals surface area contributed by atoms with Crippen molar-refractivity contribution in [3.8, 4) is 17.2 Å². The van der Waals surface area contributed by atoms with Gasteiger partial charge in [0.05, 0.1) is 23.9 Å². The second kappa shape index (κ2) is 12.0. The Kier molecular flexibility index (Phi) is 8.86. The van der Waals surface area contributed by atoms with E-state index in [2.05, 4.69) is 30.4 Å². The lowest BCUT2D eigenvalue weighted by Crippen LogP contribution is -2.24. The summed E-state index contributed by atoms with van der Waals surface area (Å²) >= 11 is 6.06. The molecule has 3 rings (SSSR count). The Morgan fingerprint density at radius 3 is 2.51 bits per heavy atom. The smallest absolute Gasteiger partial charge is 0.345 e. The van der Waals surface area contributed by atoms with Gasteiger partial charge in [0.1, 0.15) is 5.75 Å². The van der Waals surface area contributed by atoms with Gasteiger partial charge in [-0.1, -0.05) is 49.7 Å². The first-order valence-corrected chi connectivity index (χ1v) is 11.4. The molecule has 3 aromatic rings. The molecule has 0 saturated heterocycles. The summed E-state index contributed by atoms with van der Waals surface area (Å²) < 4.78 is 16.4. The van der Waals surface area contributed by atoms with Crippen LogP contribution in [0.1, 0.15) is 46.8 Å². The van der Waals surface area contributed by atoms with Crippen molar-refractivity contribution in [1.82, 2.24) is 5.43 Å². The number of nitrogens with zero attached hydrogens (tertiary/aromatic N) is 1. The van der Waals surface area contributed by atoms with Crippen LogP contribution in [0.5, 0.6) is 17.2 Å². The molecule has 0 saturated carbocycles. The van der Waals surface area contributed by atoms with Crippen molar-refractivity contribution in [2.24, 2.45) is 5.10 Å². The molecule has 0 atom stereocenters. The molecule has 1 N–H and O–H groups in total. The zero-order chi connectivity index (χ0) is 25.4. The van der Waals surface area contributed by atoms with Crippen LogP contribution in [-0.2, 0) is 4.79 Å². The fourth-order valence-corrected chi connectivity index (χ4v) is 3.33. The molecule has 7 nitrogen and oxygen atoms in total. The molecule has 8 heteroatoms. The second-order valence-electron chi connectivity index (χ2n) is 8.04. The highest BCUT2D eigenvalue weighted by molar-refractivity contribution is 6.33. The minimum Gasteiger partial charge on any atom is -0.493 e. The molecule has 35 heavy (non-hydrogen) atoms. The molecule has 182 valence electrons. The topological polar surface area (TPSA) is 86.2 Å². The van der Waals surface area contributed by atoms with Gasteiger partial charge in [-0.25, -0.2) is 10.2 Å². The number of methoxy groups -OCH3 is 1. The summed E-state index contributed by atoms with van der Waals surface area (Å²) in [6, 6.07) is 17.5. The van der Waals surface area contributed by atoms with E-state index in [4.69, 9.17) is 25.8 Å². The van der Waals surface area contributed by atoms with Gasteiger partial charge in [-0.15, -0.1) is 0 Å². The number of halogens is 1. The van der Waals surface area contributed by atoms with Crippen LogP contribution < -0.4 is 19.6 Å². The van der Waals surface area contributed by atoms with Crippen molar-refractivity contribution in [2.45, 2.75) is 26.7 Å². The third-order valence-corrected chi connectivity index (χ3v) is 5.45. The largest absolute Gasteiger partial charge is 0.493 e. The lowest BCUT2D eigenvalue weighted by atomic mass is 10.0. The Labute approximate surface area is 209 Å². The minimum atomic E-state index is -0.600. The van der Waals surface area contributed by atoms with Crippen LogP contribution in [0.25, 0.3) is 0 Å². The fraction of sp³-hybridized carbons (Fsp3) is 0.222. The summed E-state index contributed by atoms with van der Waals surface area (Å²) in [5, 5.41) is 4.26. The van der Waals surface area contributed by atoms with E-state index in [0.717, 1.165) is 11.1 Å². The van der Waals surface area contributed by atoms with Gasteiger partial charge in [-0.05, 0) is 65.9 Å². The highest BCUT2D eigenvalue weighted by atomic mass is 35.5. The summed E-state index contributed by atoms with van der Waals surface area (Å²) in [6.45, 7) is 5.96. The van der Waals surface area contributed by atoms with Gasteiger partial charge in [-0.3, -0.25) is 4.79 Å². The monoisotopic (exact) mass is 494 g/mol. The molecule has 0 spiro atoms. The molecule has 1 amide bonds. The van der Waals surface area contributed by atoms with E-state index >= 15 is 0 Å². The van der Waals surface area contributed by atoms with Crippen LogP contribution in [0.15, 0.2) is 65.8 Å². The predicted octanol–water partition coefficient (Wildman–Crippen LogP) is 5.53. The Bertz CT molecular complexity index is 1240. The summed E-state index contributed by atoms with van der Waals surface area (Å²) in [6.07, 6.45) is 1.45. The Hall–Kier alpha value is -3.84.